The molecule has 31 heavy (non-hydrogen) atoms. The molecule has 0 N–H and O–H groups in total. The molecule has 0 saturated heterocycles. The van der Waals surface area contributed by atoms with Crippen LogP contribution in [-0.4, -0.2) is 15.9 Å². The second kappa shape index (κ2) is 11.2. The molecular weight excluding hydrogens is 376 g/mol. The van der Waals surface area contributed by atoms with Gasteiger partial charge in [-0.3, -0.25) is 9.88 Å². The van der Waals surface area contributed by atoms with Crippen molar-refractivity contribution in [3.63, 3.8) is 0 Å². The molecule has 2 nitrogen and oxygen atoms in total. The molecule has 3 rings (SSSR count). The molecule has 2 aromatic carbocycles. The second-order valence-electron chi connectivity index (χ2n) is 8.63. The number of hydrogen-bond acceptors (Lipinski definition) is 2. The van der Waals surface area contributed by atoms with E-state index in [1.54, 1.807) is 0 Å². The zero-order valence-corrected chi connectivity index (χ0v) is 20.0. The number of aromatic nitrogens is 1. The van der Waals surface area contributed by atoms with Crippen LogP contribution in [0.5, 0.6) is 0 Å². The zero-order valence-electron chi connectivity index (χ0n) is 20.0. The molecule has 0 aliphatic rings. The quantitative estimate of drug-likeness (QED) is 0.344. The van der Waals surface area contributed by atoms with Gasteiger partial charge in [-0.15, -0.1) is 0 Å². The summed E-state index contributed by atoms with van der Waals surface area (Å²) in [6.07, 6.45) is 4.48. The van der Waals surface area contributed by atoms with E-state index in [0.29, 0.717) is 6.04 Å². The molecule has 2 heteroatoms. The summed E-state index contributed by atoms with van der Waals surface area (Å²) in [5.41, 5.74) is 9.08. The topological polar surface area (TPSA) is 16.1 Å². The lowest BCUT2D eigenvalue weighted by Crippen LogP contribution is -2.32. The van der Waals surface area contributed by atoms with Crippen LogP contribution in [0.3, 0.4) is 0 Å². The molecule has 1 heterocycles. The van der Waals surface area contributed by atoms with Crippen molar-refractivity contribution in [2.75, 3.05) is 0 Å². The standard InChI is InChI=1S/C29H38N2/c1-6-13-22(4)31(20-24-14-10-9-11-15-24)21-27-18-19-28(30-23(27)5)29-25(7-2)16-12-17-26(29)8-3/h9-12,14-19,22H,6-8,13,20-21H2,1-5H3. The van der Waals surface area contributed by atoms with Crippen molar-refractivity contribution < 1.29 is 0 Å². The Hall–Kier alpha value is -2.45. The van der Waals surface area contributed by atoms with Crippen molar-refractivity contribution in [1.29, 1.82) is 0 Å². The van der Waals surface area contributed by atoms with Crippen LogP contribution in [0.15, 0.2) is 60.7 Å². The molecule has 0 amide bonds. The van der Waals surface area contributed by atoms with Crippen LogP contribution in [0, 0.1) is 6.92 Å². The first kappa shape index (κ1) is 23.2. The molecular formula is C29H38N2. The average Bonchev–Trinajstić information content (AvgIpc) is 2.80. The zero-order chi connectivity index (χ0) is 22.2. The first-order chi connectivity index (χ1) is 15.1. The predicted molar refractivity (Wildman–Crippen MR) is 133 cm³/mol. The van der Waals surface area contributed by atoms with Gasteiger partial charge in [0.2, 0.25) is 0 Å². The number of pyridine rings is 1. The third kappa shape index (κ3) is 5.83. The Kier molecular flexibility index (Phi) is 8.43. The summed E-state index contributed by atoms with van der Waals surface area (Å²) in [5.74, 6) is 0. The van der Waals surface area contributed by atoms with E-state index in [2.05, 4.69) is 100 Å². The van der Waals surface area contributed by atoms with E-state index in [1.807, 2.05) is 0 Å². The van der Waals surface area contributed by atoms with Crippen molar-refractivity contribution in [1.82, 2.24) is 9.88 Å². The van der Waals surface area contributed by atoms with Gasteiger partial charge in [0, 0.05) is 30.4 Å². The lowest BCUT2D eigenvalue weighted by molar-refractivity contribution is 0.180. The van der Waals surface area contributed by atoms with Gasteiger partial charge in [0.25, 0.3) is 0 Å². The summed E-state index contributed by atoms with van der Waals surface area (Å²) < 4.78 is 0. The number of benzene rings is 2. The van der Waals surface area contributed by atoms with E-state index in [-0.39, 0.29) is 0 Å². The third-order valence-electron chi connectivity index (χ3n) is 6.38. The molecule has 0 spiro atoms. The maximum Gasteiger partial charge on any atom is 0.0710 e. The van der Waals surface area contributed by atoms with E-state index < -0.39 is 0 Å². The van der Waals surface area contributed by atoms with Crippen LogP contribution >= 0.6 is 0 Å². The van der Waals surface area contributed by atoms with E-state index >= 15 is 0 Å². The maximum absolute atomic E-state index is 5.10. The van der Waals surface area contributed by atoms with E-state index in [0.717, 1.165) is 37.3 Å². The van der Waals surface area contributed by atoms with Crippen LogP contribution < -0.4 is 0 Å². The van der Waals surface area contributed by atoms with Gasteiger partial charge in [-0.2, -0.15) is 0 Å². The molecule has 0 saturated carbocycles. The fourth-order valence-electron chi connectivity index (χ4n) is 4.47. The highest BCUT2D eigenvalue weighted by atomic mass is 15.1. The SMILES string of the molecule is CCCC(C)N(Cc1ccccc1)Cc1ccc(-c2c(CC)cccc2CC)nc1C. The molecule has 1 atom stereocenters. The fraction of sp³-hybridized carbons (Fsp3) is 0.414. The van der Waals surface area contributed by atoms with Gasteiger partial charge in [0.05, 0.1) is 5.69 Å². The van der Waals surface area contributed by atoms with Gasteiger partial charge in [0.15, 0.2) is 0 Å². The summed E-state index contributed by atoms with van der Waals surface area (Å²) in [7, 11) is 0. The Balaban J connectivity index is 1.89. The summed E-state index contributed by atoms with van der Waals surface area (Å²) >= 11 is 0. The first-order valence-corrected chi connectivity index (χ1v) is 11.9. The minimum absolute atomic E-state index is 0.539. The molecule has 1 aromatic heterocycles. The lowest BCUT2D eigenvalue weighted by atomic mass is 9.94. The van der Waals surface area contributed by atoms with Gasteiger partial charge in [-0.25, -0.2) is 0 Å². The van der Waals surface area contributed by atoms with Crippen LogP contribution in [-0.2, 0) is 25.9 Å². The summed E-state index contributed by atoms with van der Waals surface area (Å²) in [6, 6.07) is 22.6. The minimum Gasteiger partial charge on any atom is -0.292 e. The first-order valence-electron chi connectivity index (χ1n) is 11.9. The third-order valence-corrected chi connectivity index (χ3v) is 6.38. The summed E-state index contributed by atoms with van der Waals surface area (Å²) in [5, 5.41) is 0. The minimum atomic E-state index is 0.539. The van der Waals surface area contributed by atoms with E-state index in [1.165, 1.54) is 40.7 Å². The molecule has 3 aromatic rings. The van der Waals surface area contributed by atoms with E-state index in [9.17, 15) is 0 Å². The van der Waals surface area contributed by atoms with Crippen molar-refractivity contribution in [3.05, 3.63) is 88.6 Å². The molecule has 1 unspecified atom stereocenters. The molecule has 0 fully saturated rings. The summed E-state index contributed by atoms with van der Waals surface area (Å²) in [4.78, 5) is 7.70. The number of hydrogen-bond donors (Lipinski definition) is 0. The Morgan fingerprint density at radius 2 is 1.45 bits per heavy atom. The number of rotatable bonds is 10. The monoisotopic (exact) mass is 414 g/mol. The van der Waals surface area contributed by atoms with Gasteiger partial charge in [-0.05, 0) is 61.4 Å². The van der Waals surface area contributed by atoms with Crippen molar-refractivity contribution >= 4 is 0 Å². The van der Waals surface area contributed by atoms with E-state index in [4.69, 9.17) is 4.98 Å². The normalized spacial score (nSPS) is 12.3. The Morgan fingerprint density at radius 1 is 0.774 bits per heavy atom. The smallest absolute Gasteiger partial charge is 0.0710 e. The Bertz CT molecular complexity index is 939. The van der Waals surface area contributed by atoms with Crippen molar-refractivity contribution in [3.8, 4) is 11.3 Å². The molecule has 0 bridgehead atoms. The lowest BCUT2D eigenvalue weighted by Gasteiger charge is -2.30. The largest absolute Gasteiger partial charge is 0.292 e. The number of nitrogens with zero attached hydrogens (tertiary/aromatic N) is 2. The van der Waals surface area contributed by atoms with Gasteiger partial charge < -0.3 is 0 Å². The Morgan fingerprint density at radius 3 is 2.03 bits per heavy atom. The van der Waals surface area contributed by atoms with Crippen molar-refractivity contribution in [2.24, 2.45) is 0 Å². The highest BCUT2D eigenvalue weighted by Gasteiger charge is 2.17. The van der Waals surface area contributed by atoms with Crippen LogP contribution in [0.4, 0.5) is 0 Å². The molecule has 0 radical (unpaired) electrons. The van der Waals surface area contributed by atoms with Gasteiger partial charge >= 0.3 is 0 Å². The predicted octanol–water partition coefficient (Wildman–Crippen LogP) is 7.37. The average molecular weight is 415 g/mol. The van der Waals surface area contributed by atoms with Crippen LogP contribution in [0.25, 0.3) is 11.3 Å². The molecule has 0 aliphatic heterocycles. The highest BCUT2D eigenvalue weighted by Crippen LogP contribution is 2.29. The Labute approximate surface area is 189 Å². The molecule has 0 aliphatic carbocycles. The van der Waals surface area contributed by atoms with Gasteiger partial charge in [-0.1, -0.05) is 81.8 Å². The maximum atomic E-state index is 5.10. The van der Waals surface area contributed by atoms with Crippen LogP contribution in [0.1, 0.15) is 68.5 Å². The number of aryl methyl sites for hydroxylation is 3. The fourth-order valence-corrected chi connectivity index (χ4v) is 4.47. The summed E-state index contributed by atoms with van der Waals surface area (Å²) in [6.45, 7) is 13.2. The van der Waals surface area contributed by atoms with Gasteiger partial charge in [0.1, 0.15) is 0 Å². The second-order valence-corrected chi connectivity index (χ2v) is 8.63. The van der Waals surface area contributed by atoms with Crippen molar-refractivity contribution in [2.45, 2.75) is 79.4 Å². The molecule has 164 valence electrons. The highest BCUT2D eigenvalue weighted by molar-refractivity contribution is 5.68. The van der Waals surface area contributed by atoms with Crippen LogP contribution in [0.2, 0.25) is 0 Å².